The summed E-state index contributed by atoms with van der Waals surface area (Å²) in [6.45, 7) is 0. The number of carbonyl (C=O) groups excluding carboxylic acids is 1. The summed E-state index contributed by atoms with van der Waals surface area (Å²) in [4.78, 5) is 17.8. The normalized spacial score (nSPS) is 10.3. The minimum Gasteiger partial charge on any atom is -0.368 e. The zero-order valence-electron chi connectivity index (χ0n) is 6.27. The van der Waals surface area contributed by atoms with Crippen molar-refractivity contribution < 1.29 is 4.79 Å². The highest BCUT2D eigenvalue weighted by Gasteiger charge is 1.89. The van der Waals surface area contributed by atoms with E-state index in [1.165, 1.54) is 24.5 Å². The molecule has 1 heterocycles. The molecule has 1 rings (SSSR count). The number of carbonyl (C=O) groups is 1. The fourth-order valence-corrected chi connectivity index (χ4v) is 0.612. The van der Waals surface area contributed by atoms with Crippen molar-refractivity contribution in [2.45, 2.75) is 0 Å². The minimum atomic E-state index is -0.508. The van der Waals surface area contributed by atoms with Crippen LogP contribution in [0, 0.1) is 0 Å². The first-order valence-electron chi connectivity index (χ1n) is 3.23. The number of nitrogens with two attached hydrogens (primary N) is 2. The van der Waals surface area contributed by atoms with Gasteiger partial charge in [-0.15, -0.1) is 0 Å². The lowest BCUT2D eigenvalue weighted by Crippen LogP contribution is -2.05. The molecule has 0 radical (unpaired) electrons. The summed E-state index contributed by atoms with van der Waals surface area (Å²) in [5.74, 6) is -0.307. The van der Waals surface area contributed by atoms with Gasteiger partial charge in [-0.05, 0) is 6.08 Å². The number of rotatable bonds is 2. The van der Waals surface area contributed by atoms with Crippen molar-refractivity contribution in [1.82, 2.24) is 9.97 Å². The van der Waals surface area contributed by atoms with Crippen LogP contribution >= 0.6 is 0 Å². The first-order valence-corrected chi connectivity index (χ1v) is 3.23. The molecule has 0 unspecified atom stereocenters. The molecule has 1 aromatic heterocycles. The second-order valence-corrected chi connectivity index (χ2v) is 2.11. The molecule has 12 heavy (non-hydrogen) atoms. The predicted molar refractivity (Wildman–Crippen MR) is 44.7 cm³/mol. The van der Waals surface area contributed by atoms with Crippen LogP contribution in [-0.2, 0) is 4.79 Å². The van der Waals surface area contributed by atoms with E-state index < -0.39 is 5.91 Å². The number of nitrogen functional groups attached to an aromatic ring is 1. The molecule has 0 atom stereocenters. The molecule has 0 bridgehead atoms. The monoisotopic (exact) mass is 164 g/mol. The summed E-state index contributed by atoms with van der Waals surface area (Å²) in [6.07, 6.45) is 5.75. The highest BCUT2D eigenvalue weighted by molar-refractivity contribution is 5.90. The third-order valence-electron chi connectivity index (χ3n) is 1.13. The number of hydrogen-bond donors (Lipinski definition) is 2. The van der Waals surface area contributed by atoms with Gasteiger partial charge in [-0.3, -0.25) is 4.79 Å². The first kappa shape index (κ1) is 8.19. The van der Waals surface area contributed by atoms with Crippen molar-refractivity contribution in [3.8, 4) is 0 Å². The molecule has 0 aliphatic carbocycles. The van der Waals surface area contributed by atoms with E-state index in [0.29, 0.717) is 5.56 Å². The van der Waals surface area contributed by atoms with Gasteiger partial charge in [0.2, 0.25) is 11.9 Å². The molecule has 0 saturated heterocycles. The van der Waals surface area contributed by atoms with E-state index in [9.17, 15) is 4.79 Å². The third-order valence-corrected chi connectivity index (χ3v) is 1.13. The van der Waals surface area contributed by atoms with Crippen LogP contribution in [-0.4, -0.2) is 15.9 Å². The van der Waals surface area contributed by atoms with E-state index in [0.717, 1.165) is 0 Å². The Morgan fingerprint density at radius 2 is 2.00 bits per heavy atom. The van der Waals surface area contributed by atoms with E-state index in [4.69, 9.17) is 11.5 Å². The standard InChI is InChI=1S/C7H8N4O/c8-6(12)2-1-5-3-10-7(9)11-4-5/h1-4H,(H2,8,12)(H2,9,10,11). The van der Waals surface area contributed by atoms with Crippen molar-refractivity contribution in [2.75, 3.05) is 5.73 Å². The summed E-state index contributed by atoms with van der Waals surface area (Å²) >= 11 is 0. The fourth-order valence-electron chi connectivity index (χ4n) is 0.612. The quantitative estimate of drug-likeness (QED) is 0.579. The van der Waals surface area contributed by atoms with E-state index in [1.54, 1.807) is 0 Å². The van der Waals surface area contributed by atoms with Crippen molar-refractivity contribution >= 4 is 17.9 Å². The maximum Gasteiger partial charge on any atom is 0.241 e. The van der Waals surface area contributed by atoms with E-state index in [1.807, 2.05) is 0 Å². The third kappa shape index (κ3) is 2.37. The molecule has 0 aliphatic heterocycles. The molecule has 0 saturated carbocycles. The van der Waals surface area contributed by atoms with Crippen molar-refractivity contribution in [2.24, 2.45) is 5.73 Å². The second-order valence-electron chi connectivity index (χ2n) is 2.11. The van der Waals surface area contributed by atoms with Crippen molar-refractivity contribution in [3.05, 3.63) is 24.0 Å². The van der Waals surface area contributed by atoms with Crippen LogP contribution in [0.25, 0.3) is 6.08 Å². The molecule has 1 aromatic rings. The van der Waals surface area contributed by atoms with E-state index in [2.05, 4.69) is 9.97 Å². The van der Waals surface area contributed by atoms with Crippen LogP contribution in [0.15, 0.2) is 18.5 Å². The van der Waals surface area contributed by atoms with Crippen molar-refractivity contribution in [3.63, 3.8) is 0 Å². The van der Waals surface area contributed by atoms with Crippen LogP contribution in [0.5, 0.6) is 0 Å². The van der Waals surface area contributed by atoms with Gasteiger partial charge in [0.15, 0.2) is 0 Å². The topological polar surface area (TPSA) is 94.9 Å². The Labute approximate surface area is 69.1 Å². The average Bonchev–Trinajstić information content (AvgIpc) is 2.03. The largest absolute Gasteiger partial charge is 0.368 e. The molecule has 0 aromatic carbocycles. The molecule has 4 N–H and O–H groups in total. The maximum atomic E-state index is 10.3. The predicted octanol–water partition coefficient (Wildman–Crippen LogP) is -0.443. The smallest absolute Gasteiger partial charge is 0.241 e. The first-order chi connectivity index (χ1) is 5.68. The highest BCUT2D eigenvalue weighted by Crippen LogP contribution is 1.98. The molecule has 5 heteroatoms. The zero-order chi connectivity index (χ0) is 8.97. The molecule has 62 valence electrons. The summed E-state index contributed by atoms with van der Waals surface area (Å²) < 4.78 is 0. The van der Waals surface area contributed by atoms with Crippen LogP contribution in [0.2, 0.25) is 0 Å². The average molecular weight is 164 g/mol. The van der Waals surface area contributed by atoms with Crippen molar-refractivity contribution in [1.29, 1.82) is 0 Å². The van der Waals surface area contributed by atoms with E-state index in [-0.39, 0.29) is 5.95 Å². The van der Waals surface area contributed by atoms with Gasteiger partial charge in [-0.1, -0.05) is 0 Å². The minimum absolute atomic E-state index is 0.200. The molecule has 0 aliphatic rings. The van der Waals surface area contributed by atoms with Crippen LogP contribution in [0.4, 0.5) is 5.95 Å². The number of hydrogen-bond acceptors (Lipinski definition) is 4. The molecular weight excluding hydrogens is 156 g/mol. The summed E-state index contributed by atoms with van der Waals surface area (Å²) in [6, 6.07) is 0. The lowest BCUT2D eigenvalue weighted by Gasteiger charge is -1.91. The van der Waals surface area contributed by atoms with Gasteiger partial charge in [0, 0.05) is 24.0 Å². The Kier molecular flexibility index (Phi) is 2.37. The SMILES string of the molecule is NC(=O)C=Cc1cnc(N)nc1. The second kappa shape index (κ2) is 3.47. The number of anilines is 1. The van der Waals surface area contributed by atoms with Gasteiger partial charge < -0.3 is 11.5 Å². The number of aromatic nitrogens is 2. The van der Waals surface area contributed by atoms with Gasteiger partial charge >= 0.3 is 0 Å². The van der Waals surface area contributed by atoms with Gasteiger partial charge in [0.05, 0.1) is 0 Å². The Morgan fingerprint density at radius 3 is 2.50 bits per heavy atom. The molecule has 0 fully saturated rings. The lowest BCUT2D eigenvalue weighted by molar-refractivity contribution is -0.113. The highest BCUT2D eigenvalue weighted by atomic mass is 16.1. The number of primary amides is 1. The van der Waals surface area contributed by atoms with E-state index >= 15 is 0 Å². The molecule has 5 nitrogen and oxygen atoms in total. The number of amides is 1. The Hall–Kier alpha value is -1.91. The van der Waals surface area contributed by atoms with Gasteiger partial charge in [-0.2, -0.15) is 0 Å². The van der Waals surface area contributed by atoms with Crippen LogP contribution < -0.4 is 11.5 Å². The molecule has 1 amide bonds. The van der Waals surface area contributed by atoms with Crippen LogP contribution in [0.1, 0.15) is 5.56 Å². The molecular formula is C7H8N4O. The van der Waals surface area contributed by atoms with Gasteiger partial charge in [0.25, 0.3) is 0 Å². The Morgan fingerprint density at radius 1 is 1.42 bits per heavy atom. The molecule has 0 spiro atoms. The summed E-state index contributed by atoms with van der Waals surface area (Å²) in [5.41, 5.74) is 10.8. The lowest BCUT2D eigenvalue weighted by atomic mass is 10.3. The van der Waals surface area contributed by atoms with Crippen LogP contribution in [0.3, 0.4) is 0 Å². The Balaban J connectivity index is 2.77. The maximum absolute atomic E-state index is 10.3. The van der Waals surface area contributed by atoms with Gasteiger partial charge in [0.1, 0.15) is 0 Å². The summed E-state index contributed by atoms with van der Waals surface area (Å²) in [7, 11) is 0. The Bertz CT molecular complexity index is 304. The van der Waals surface area contributed by atoms with Gasteiger partial charge in [-0.25, -0.2) is 9.97 Å². The zero-order valence-corrected chi connectivity index (χ0v) is 6.27. The number of nitrogens with zero attached hydrogens (tertiary/aromatic N) is 2. The fraction of sp³-hybridized carbons (Fsp3) is 0. The summed E-state index contributed by atoms with van der Waals surface area (Å²) in [5, 5.41) is 0.